The Balaban J connectivity index is 2.17. The third-order valence-electron chi connectivity index (χ3n) is 3.08. The Morgan fingerprint density at radius 3 is 2.45 bits per heavy atom. The molecular weight excluding hydrogens is 282 g/mol. The van der Waals surface area contributed by atoms with Gasteiger partial charge in [0.05, 0.1) is 6.61 Å². The molecule has 5 nitrogen and oxygen atoms in total. The highest BCUT2D eigenvalue weighted by Gasteiger charge is 2.21. The lowest BCUT2D eigenvalue weighted by Crippen LogP contribution is -2.27. The van der Waals surface area contributed by atoms with Crippen molar-refractivity contribution in [2.24, 2.45) is 10.9 Å². The van der Waals surface area contributed by atoms with Crippen molar-refractivity contribution in [1.82, 2.24) is 0 Å². The fraction of sp³-hybridized carbons (Fsp3) is 0.471. The van der Waals surface area contributed by atoms with Crippen LogP contribution in [0.25, 0.3) is 0 Å². The number of benzene rings is 1. The first kappa shape index (κ1) is 17.9. The number of nitrogens with zero attached hydrogens (tertiary/aromatic N) is 1. The summed E-state index contributed by atoms with van der Waals surface area (Å²) in [7, 11) is 0. The Labute approximate surface area is 131 Å². The van der Waals surface area contributed by atoms with E-state index >= 15 is 0 Å². The van der Waals surface area contributed by atoms with Gasteiger partial charge in [-0.25, -0.2) is 4.79 Å². The molecule has 0 saturated heterocycles. The van der Waals surface area contributed by atoms with Gasteiger partial charge in [-0.15, -0.1) is 0 Å². The van der Waals surface area contributed by atoms with Crippen LogP contribution in [0.2, 0.25) is 0 Å². The number of rotatable bonds is 9. The van der Waals surface area contributed by atoms with Gasteiger partial charge < -0.3 is 9.47 Å². The maximum atomic E-state index is 11.7. The van der Waals surface area contributed by atoms with E-state index in [-0.39, 0.29) is 31.5 Å². The highest BCUT2D eigenvalue weighted by Crippen LogP contribution is 2.08. The SMILES string of the molecule is C=N[C@H](C(=O)OCCCC(=O)OCc1ccccc1)C(C)C. The van der Waals surface area contributed by atoms with Crippen LogP contribution in [0.4, 0.5) is 0 Å². The monoisotopic (exact) mass is 305 g/mol. The summed E-state index contributed by atoms with van der Waals surface area (Å²) in [6.07, 6.45) is 0.648. The van der Waals surface area contributed by atoms with Crippen molar-refractivity contribution in [2.75, 3.05) is 6.61 Å². The molecule has 0 N–H and O–H groups in total. The van der Waals surface area contributed by atoms with E-state index in [4.69, 9.17) is 9.47 Å². The summed E-state index contributed by atoms with van der Waals surface area (Å²) < 4.78 is 10.2. The van der Waals surface area contributed by atoms with Gasteiger partial charge in [0.15, 0.2) is 0 Å². The first-order valence-corrected chi connectivity index (χ1v) is 7.36. The molecule has 0 heterocycles. The first-order chi connectivity index (χ1) is 10.5. The third-order valence-corrected chi connectivity index (χ3v) is 3.08. The fourth-order valence-corrected chi connectivity index (χ4v) is 1.84. The van der Waals surface area contributed by atoms with Crippen LogP contribution in [0, 0.1) is 5.92 Å². The predicted octanol–water partition coefficient (Wildman–Crippen LogP) is 2.78. The molecule has 1 atom stereocenters. The zero-order chi connectivity index (χ0) is 16.4. The van der Waals surface area contributed by atoms with E-state index in [0.717, 1.165) is 5.56 Å². The molecule has 0 radical (unpaired) electrons. The van der Waals surface area contributed by atoms with E-state index in [1.54, 1.807) is 0 Å². The van der Waals surface area contributed by atoms with Gasteiger partial charge in [-0.2, -0.15) is 0 Å². The molecule has 1 aromatic carbocycles. The molecule has 0 fully saturated rings. The highest BCUT2D eigenvalue weighted by atomic mass is 16.5. The molecule has 0 aromatic heterocycles. The van der Waals surface area contributed by atoms with Crippen molar-refractivity contribution in [2.45, 2.75) is 39.3 Å². The average molecular weight is 305 g/mol. The van der Waals surface area contributed by atoms with Crippen LogP contribution in [0.5, 0.6) is 0 Å². The molecule has 0 amide bonds. The number of carbonyl (C=O) groups excluding carboxylic acids is 2. The van der Waals surface area contributed by atoms with Gasteiger partial charge in [0, 0.05) is 6.42 Å². The Kier molecular flexibility index (Phi) is 7.89. The minimum Gasteiger partial charge on any atom is -0.464 e. The smallest absolute Gasteiger partial charge is 0.331 e. The Hall–Kier alpha value is -2.17. The molecular formula is C17H23NO4. The molecule has 0 unspecified atom stereocenters. The number of hydrogen-bond donors (Lipinski definition) is 0. The number of ether oxygens (including phenoxy) is 2. The molecule has 22 heavy (non-hydrogen) atoms. The van der Waals surface area contributed by atoms with Gasteiger partial charge in [0.1, 0.15) is 12.6 Å². The zero-order valence-electron chi connectivity index (χ0n) is 13.2. The summed E-state index contributed by atoms with van der Waals surface area (Å²) in [4.78, 5) is 27.0. The van der Waals surface area contributed by atoms with E-state index in [0.29, 0.717) is 6.42 Å². The Bertz CT molecular complexity index is 485. The summed E-state index contributed by atoms with van der Waals surface area (Å²) >= 11 is 0. The van der Waals surface area contributed by atoms with Crippen LogP contribution < -0.4 is 0 Å². The summed E-state index contributed by atoms with van der Waals surface area (Å²) in [5.41, 5.74) is 0.944. The molecule has 0 spiro atoms. The summed E-state index contributed by atoms with van der Waals surface area (Å²) in [5.74, 6) is -0.661. The quantitative estimate of drug-likeness (QED) is 0.400. The van der Waals surface area contributed by atoms with Gasteiger partial charge in [-0.1, -0.05) is 44.2 Å². The lowest BCUT2D eigenvalue weighted by atomic mass is 10.1. The lowest BCUT2D eigenvalue weighted by Gasteiger charge is -2.14. The second kappa shape index (κ2) is 9.71. The summed E-state index contributed by atoms with van der Waals surface area (Å²) in [6, 6.07) is 8.92. The van der Waals surface area contributed by atoms with Gasteiger partial charge in [-0.3, -0.25) is 9.79 Å². The van der Waals surface area contributed by atoms with Gasteiger partial charge >= 0.3 is 11.9 Å². The molecule has 120 valence electrons. The van der Waals surface area contributed by atoms with Crippen molar-refractivity contribution in [1.29, 1.82) is 0 Å². The van der Waals surface area contributed by atoms with Crippen LogP contribution in [0.15, 0.2) is 35.3 Å². The molecule has 0 aliphatic rings. The van der Waals surface area contributed by atoms with Crippen molar-refractivity contribution < 1.29 is 19.1 Å². The number of aliphatic imine (C=N–C) groups is 1. The molecule has 0 saturated carbocycles. The topological polar surface area (TPSA) is 65.0 Å². The van der Waals surface area contributed by atoms with Crippen LogP contribution in [0.1, 0.15) is 32.3 Å². The maximum absolute atomic E-state index is 11.7. The number of esters is 2. The second-order valence-corrected chi connectivity index (χ2v) is 5.29. The van der Waals surface area contributed by atoms with Gasteiger partial charge in [0.25, 0.3) is 0 Å². The largest absolute Gasteiger partial charge is 0.464 e. The predicted molar refractivity (Wildman–Crippen MR) is 84.6 cm³/mol. The standard InChI is InChI=1S/C17H23NO4/c1-13(2)16(18-3)17(20)21-11-7-10-15(19)22-12-14-8-5-4-6-9-14/h4-6,8-9,13,16H,3,7,10-12H2,1-2H3/t16-/m0/s1. The van der Waals surface area contributed by atoms with Crippen LogP contribution in [-0.4, -0.2) is 31.3 Å². The second-order valence-electron chi connectivity index (χ2n) is 5.29. The van der Waals surface area contributed by atoms with Crippen molar-refractivity contribution in [3.05, 3.63) is 35.9 Å². The Morgan fingerprint density at radius 2 is 1.86 bits per heavy atom. The highest BCUT2D eigenvalue weighted by molar-refractivity contribution is 5.77. The molecule has 5 heteroatoms. The lowest BCUT2D eigenvalue weighted by molar-refractivity contribution is -0.149. The summed E-state index contributed by atoms with van der Waals surface area (Å²) in [5, 5.41) is 0. The minimum absolute atomic E-state index is 0.0424. The van der Waals surface area contributed by atoms with Gasteiger partial charge in [0.2, 0.25) is 0 Å². The molecule has 0 aliphatic heterocycles. The van der Waals surface area contributed by atoms with Crippen LogP contribution in [-0.2, 0) is 25.7 Å². The van der Waals surface area contributed by atoms with Crippen molar-refractivity contribution in [3.63, 3.8) is 0 Å². The number of carbonyl (C=O) groups is 2. The average Bonchev–Trinajstić information content (AvgIpc) is 2.51. The van der Waals surface area contributed by atoms with E-state index in [2.05, 4.69) is 11.7 Å². The molecule has 0 aliphatic carbocycles. The summed E-state index contributed by atoms with van der Waals surface area (Å²) in [6.45, 7) is 7.58. The fourth-order valence-electron chi connectivity index (χ4n) is 1.84. The normalized spacial score (nSPS) is 11.8. The van der Waals surface area contributed by atoms with E-state index in [1.807, 2.05) is 44.2 Å². The van der Waals surface area contributed by atoms with E-state index in [1.165, 1.54) is 0 Å². The third kappa shape index (κ3) is 6.52. The maximum Gasteiger partial charge on any atom is 0.331 e. The minimum atomic E-state index is -0.551. The van der Waals surface area contributed by atoms with Crippen molar-refractivity contribution >= 4 is 18.7 Å². The van der Waals surface area contributed by atoms with Gasteiger partial charge in [-0.05, 0) is 24.6 Å². The molecule has 1 rings (SSSR count). The zero-order valence-corrected chi connectivity index (χ0v) is 13.2. The van der Waals surface area contributed by atoms with E-state index in [9.17, 15) is 9.59 Å². The number of hydrogen-bond acceptors (Lipinski definition) is 5. The van der Waals surface area contributed by atoms with E-state index < -0.39 is 12.0 Å². The molecule has 0 bridgehead atoms. The van der Waals surface area contributed by atoms with Crippen LogP contribution in [0.3, 0.4) is 0 Å². The molecule has 1 aromatic rings. The van der Waals surface area contributed by atoms with Crippen LogP contribution >= 0.6 is 0 Å². The Morgan fingerprint density at radius 1 is 1.18 bits per heavy atom. The first-order valence-electron chi connectivity index (χ1n) is 7.36. The van der Waals surface area contributed by atoms with Crippen molar-refractivity contribution in [3.8, 4) is 0 Å².